The Hall–Kier alpha value is -1.44. The predicted molar refractivity (Wildman–Crippen MR) is 66.7 cm³/mol. The predicted octanol–water partition coefficient (Wildman–Crippen LogP) is 3.69. The first-order chi connectivity index (χ1) is 8.06. The molecule has 1 aromatic rings. The number of terminal acetylenes is 1. The van der Waals surface area contributed by atoms with E-state index in [1.54, 1.807) is 0 Å². The van der Waals surface area contributed by atoms with Crippen molar-refractivity contribution in [3.05, 3.63) is 32.3 Å². The molecule has 0 unspecified atom stereocenters. The lowest BCUT2D eigenvalue weighted by molar-refractivity contribution is -0.385. The normalized spacial score (nSPS) is 9.71. The summed E-state index contributed by atoms with van der Waals surface area (Å²) >= 11 is 11.5. The molecule has 6 heteroatoms. The van der Waals surface area contributed by atoms with Crippen LogP contribution in [-0.2, 0) is 0 Å². The van der Waals surface area contributed by atoms with Crippen LogP contribution in [0.15, 0.2) is 12.1 Å². The third-order valence-electron chi connectivity index (χ3n) is 1.92. The minimum absolute atomic E-state index is 0.0985. The molecule has 0 aliphatic heterocycles. The molecule has 1 aromatic carbocycles. The van der Waals surface area contributed by atoms with Crippen LogP contribution in [0.4, 0.5) is 5.69 Å². The minimum atomic E-state index is -0.571. The molecule has 0 fully saturated rings. The van der Waals surface area contributed by atoms with Crippen molar-refractivity contribution in [3.8, 4) is 18.1 Å². The highest BCUT2D eigenvalue weighted by Gasteiger charge is 2.18. The molecular formula is C11H9Cl2NO3. The van der Waals surface area contributed by atoms with Gasteiger partial charge in [-0.2, -0.15) is 0 Å². The summed E-state index contributed by atoms with van der Waals surface area (Å²) in [5.74, 6) is 2.55. The molecular weight excluding hydrogens is 265 g/mol. The summed E-state index contributed by atoms with van der Waals surface area (Å²) < 4.78 is 5.26. The third kappa shape index (κ3) is 3.81. The maximum Gasteiger partial charge on any atom is 0.312 e. The van der Waals surface area contributed by atoms with Gasteiger partial charge in [0.2, 0.25) is 0 Å². The van der Waals surface area contributed by atoms with E-state index in [1.165, 1.54) is 12.1 Å². The van der Waals surface area contributed by atoms with Gasteiger partial charge in [0.05, 0.1) is 21.6 Å². The number of benzene rings is 1. The van der Waals surface area contributed by atoms with E-state index in [0.717, 1.165) is 0 Å². The molecule has 0 bridgehead atoms. The van der Waals surface area contributed by atoms with E-state index in [9.17, 15) is 10.1 Å². The fourth-order valence-electron chi connectivity index (χ4n) is 1.13. The van der Waals surface area contributed by atoms with Crippen molar-refractivity contribution in [2.24, 2.45) is 0 Å². The number of hydrogen-bond acceptors (Lipinski definition) is 3. The Balaban J connectivity index is 2.86. The van der Waals surface area contributed by atoms with Gasteiger partial charge in [0.25, 0.3) is 0 Å². The van der Waals surface area contributed by atoms with Gasteiger partial charge in [-0.15, -0.1) is 12.3 Å². The topological polar surface area (TPSA) is 52.4 Å². The van der Waals surface area contributed by atoms with Crippen LogP contribution in [-0.4, -0.2) is 11.5 Å². The van der Waals surface area contributed by atoms with Crippen molar-refractivity contribution in [3.63, 3.8) is 0 Å². The Morgan fingerprint density at radius 3 is 2.65 bits per heavy atom. The summed E-state index contributed by atoms with van der Waals surface area (Å²) in [5, 5.41) is 11.1. The summed E-state index contributed by atoms with van der Waals surface area (Å²) in [5.41, 5.74) is -0.208. The highest BCUT2D eigenvalue weighted by Crippen LogP contribution is 2.35. The van der Waals surface area contributed by atoms with Crippen LogP contribution in [0.3, 0.4) is 0 Å². The zero-order valence-corrected chi connectivity index (χ0v) is 10.3. The number of nitrogens with zero attached hydrogens (tertiary/aromatic N) is 1. The molecule has 4 nitrogen and oxygen atoms in total. The van der Waals surface area contributed by atoms with Gasteiger partial charge in [0.1, 0.15) is 0 Å². The maximum atomic E-state index is 10.8. The summed E-state index contributed by atoms with van der Waals surface area (Å²) in [6, 6.07) is 2.50. The van der Waals surface area contributed by atoms with E-state index in [1.807, 2.05) is 0 Å². The Morgan fingerprint density at radius 2 is 2.06 bits per heavy atom. The molecule has 0 heterocycles. The third-order valence-corrected chi connectivity index (χ3v) is 2.64. The number of hydrogen-bond donors (Lipinski definition) is 0. The smallest absolute Gasteiger partial charge is 0.312 e. The summed E-state index contributed by atoms with van der Waals surface area (Å²) in [7, 11) is 0. The second kappa shape index (κ2) is 6.33. The molecule has 0 aromatic heterocycles. The van der Waals surface area contributed by atoms with Crippen molar-refractivity contribution >= 4 is 28.9 Å². The Labute approximate surface area is 109 Å². The first-order valence-electron chi connectivity index (χ1n) is 4.76. The van der Waals surface area contributed by atoms with Crippen molar-refractivity contribution in [1.29, 1.82) is 0 Å². The molecule has 0 aliphatic rings. The second-order valence-electron chi connectivity index (χ2n) is 3.15. The molecule has 0 atom stereocenters. The van der Waals surface area contributed by atoms with E-state index in [2.05, 4.69) is 5.92 Å². The van der Waals surface area contributed by atoms with E-state index >= 15 is 0 Å². The van der Waals surface area contributed by atoms with Gasteiger partial charge in [-0.05, 0) is 6.42 Å². The van der Waals surface area contributed by atoms with Crippen LogP contribution < -0.4 is 4.74 Å². The number of halogens is 2. The highest BCUT2D eigenvalue weighted by atomic mass is 35.5. The Bertz CT molecular complexity index is 469. The number of nitro groups is 1. The molecule has 0 N–H and O–H groups in total. The average molecular weight is 274 g/mol. The van der Waals surface area contributed by atoms with Crippen molar-refractivity contribution in [2.75, 3.05) is 6.61 Å². The monoisotopic (exact) mass is 273 g/mol. The quantitative estimate of drug-likeness (QED) is 0.356. The van der Waals surface area contributed by atoms with Gasteiger partial charge in [0.15, 0.2) is 5.75 Å². The molecule has 0 radical (unpaired) electrons. The zero-order valence-electron chi connectivity index (χ0n) is 8.78. The van der Waals surface area contributed by atoms with Gasteiger partial charge in [0, 0.05) is 18.6 Å². The molecule has 0 amide bonds. The fourth-order valence-corrected chi connectivity index (χ4v) is 1.44. The van der Waals surface area contributed by atoms with Gasteiger partial charge in [-0.1, -0.05) is 23.2 Å². The number of nitro benzene ring substituents is 1. The van der Waals surface area contributed by atoms with Crippen molar-refractivity contribution in [2.45, 2.75) is 12.8 Å². The standard InChI is InChI=1S/C11H9Cl2NO3/c1-2-3-4-5-17-11-7-9(13)8(12)6-10(11)14(15)16/h1,6-7H,3-5H2. The lowest BCUT2D eigenvalue weighted by Gasteiger charge is -2.07. The summed E-state index contributed by atoms with van der Waals surface area (Å²) in [4.78, 5) is 10.2. The van der Waals surface area contributed by atoms with Crippen LogP contribution in [0.5, 0.6) is 5.75 Å². The van der Waals surface area contributed by atoms with Gasteiger partial charge < -0.3 is 4.74 Å². The molecule has 1 rings (SSSR count). The molecule has 0 aliphatic carbocycles. The SMILES string of the molecule is C#CCCCOc1cc(Cl)c(Cl)cc1[N+](=O)[O-]. The van der Waals surface area contributed by atoms with Crippen LogP contribution in [0.2, 0.25) is 10.0 Å². The number of rotatable bonds is 5. The lowest BCUT2D eigenvalue weighted by atomic mass is 10.3. The molecule has 90 valence electrons. The van der Waals surface area contributed by atoms with Gasteiger partial charge in [-0.25, -0.2) is 0 Å². The van der Waals surface area contributed by atoms with Crippen molar-refractivity contribution < 1.29 is 9.66 Å². The number of unbranched alkanes of at least 4 members (excludes halogenated alkanes) is 1. The van der Waals surface area contributed by atoms with E-state index in [0.29, 0.717) is 19.4 Å². The van der Waals surface area contributed by atoms with E-state index < -0.39 is 4.92 Å². The largest absolute Gasteiger partial charge is 0.487 e. The average Bonchev–Trinajstić information content (AvgIpc) is 2.28. The minimum Gasteiger partial charge on any atom is -0.487 e. The molecule has 0 saturated carbocycles. The second-order valence-corrected chi connectivity index (χ2v) is 3.96. The fraction of sp³-hybridized carbons (Fsp3) is 0.273. The molecule has 17 heavy (non-hydrogen) atoms. The van der Waals surface area contributed by atoms with Crippen molar-refractivity contribution in [1.82, 2.24) is 0 Å². The van der Waals surface area contributed by atoms with E-state index in [-0.39, 0.29) is 21.5 Å². The van der Waals surface area contributed by atoms with Crippen LogP contribution in [0.1, 0.15) is 12.8 Å². The molecule has 0 spiro atoms. The summed E-state index contributed by atoms with van der Waals surface area (Å²) in [6.07, 6.45) is 6.25. The van der Waals surface area contributed by atoms with Crippen LogP contribution >= 0.6 is 23.2 Å². The highest BCUT2D eigenvalue weighted by molar-refractivity contribution is 6.42. The molecule has 0 saturated heterocycles. The van der Waals surface area contributed by atoms with Crippen LogP contribution in [0.25, 0.3) is 0 Å². The summed E-state index contributed by atoms with van der Waals surface area (Å²) in [6.45, 7) is 0.295. The first-order valence-corrected chi connectivity index (χ1v) is 5.51. The van der Waals surface area contributed by atoms with Gasteiger partial charge >= 0.3 is 5.69 Å². The van der Waals surface area contributed by atoms with E-state index in [4.69, 9.17) is 34.4 Å². The Kier molecular flexibility index (Phi) is 5.08. The lowest BCUT2D eigenvalue weighted by Crippen LogP contribution is -2.00. The first kappa shape index (κ1) is 13.6. The maximum absolute atomic E-state index is 10.8. The number of ether oxygens (including phenoxy) is 1. The van der Waals surface area contributed by atoms with Gasteiger partial charge in [-0.3, -0.25) is 10.1 Å². The Morgan fingerprint density at radius 1 is 1.41 bits per heavy atom. The van der Waals surface area contributed by atoms with Crippen LogP contribution in [0, 0.1) is 22.5 Å². The zero-order chi connectivity index (χ0) is 12.8.